The van der Waals surface area contributed by atoms with Crippen LogP contribution in [0.15, 0.2) is 53.3 Å². The van der Waals surface area contributed by atoms with Gasteiger partial charge >= 0.3 is 0 Å². The first-order chi connectivity index (χ1) is 11.2. The SMILES string of the molecule is O=C(c1ccccc1F)N1CCn2c1nc1ccccc1c2=O. The molecule has 1 aliphatic rings. The standard InChI is InChI=1S/C17H12FN3O2/c18-13-7-3-1-5-11(13)15(22)20-9-10-21-16(23)12-6-2-4-8-14(12)19-17(20)21/h1-8H,9-10H2. The van der Waals surface area contributed by atoms with Crippen molar-refractivity contribution in [2.75, 3.05) is 11.4 Å². The zero-order valence-electron chi connectivity index (χ0n) is 12.1. The number of para-hydroxylation sites is 1. The summed E-state index contributed by atoms with van der Waals surface area (Å²) in [6.07, 6.45) is 0. The monoisotopic (exact) mass is 309 g/mol. The van der Waals surface area contributed by atoms with Gasteiger partial charge in [0.2, 0.25) is 5.95 Å². The zero-order chi connectivity index (χ0) is 16.0. The van der Waals surface area contributed by atoms with E-state index in [4.69, 9.17) is 0 Å². The van der Waals surface area contributed by atoms with Crippen LogP contribution in [0.3, 0.4) is 0 Å². The number of anilines is 1. The number of carbonyl (C=O) groups is 1. The maximum absolute atomic E-state index is 13.9. The van der Waals surface area contributed by atoms with Crippen LogP contribution in [0.4, 0.5) is 10.3 Å². The third-order valence-corrected chi connectivity index (χ3v) is 3.98. The van der Waals surface area contributed by atoms with Crippen LogP contribution in [0, 0.1) is 5.82 Å². The summed E-state index contributed by atoms with van der Waals surface area (Å²) in [5.41, 5.74) is 0.315. The van der Waals surface area contributed by atoms with Crippen molar-refractivity contribution in [1.29, 1.82) is 0 Å². The summed E-state index contributed by atoms with van der Waals surface area (Å²) < 4.78 is 15.3. The van der Waals surface area contributed by atoms with E-state index in [1.807, 2.05) is 0 Å². The Labute approximate surface area is 130 Å². The molecular formula is C17H12FN3O2. The molecule has 0 spiro atoms. The first-order valence-electron chi connectivity index (χ1n) is 7.23. The molecule has 23 heavy (non-hydrogen) atoms. The van der Waals surface area contributed by atoms with Crippen LogP contribution in [0.25, 0.3) is 10.9 Å². The number of benzene rings is 2. The van der Waals surface area contributed by atoms with Crippen LogP contribution in [-0.4, -0.2) is 22.0 Å². The summed E-state index contributed by atoms with van der Waals surface area (Å²) in [5.74, 6) is -0.808. The molecule has 4 rings (SSSR count). The van der Waals surface area contributed by atoms with Gasteiger partial charge < -0.3 is 0 Å². The number of carbonyl (C=O) groups excluding carboxylic acids is 1. The van der Waals surface area contributed by atoms with Crippen molar-refractivity contribution in [3.63, 3.8) is 0 Å². The maximum Gasteiger partial charge on any atom is 0.263 e. The number of hydrogen-bond acceptors (Lipinski definition) is 3. The van der Waals surface area contributed by atoms with E-state index < -0.39 is 11.7 Å². The van der Waals surface area contributed by atoms with E-state index >= 15 is 0 Å². The van der Waals surface area contributed by atoms with E-state index in [0.29, 0.717) is 24.0 Å². The van der Waals surface area contributed by atoms with Crippen molar-refractivity contribution in [2.24, 2.45) is 0 Å². The van der Waals surface area contributed by atoms with E-state index in [1.54, 1.807) is 30.3 Å². The molecule has 2 aromatic carbocycles. The van der Waals surface area contributed by atoms with Gasteiger partial charge in [-0.3, -0.25) is 19.1 Å². The Balaban J connectivity index is 1.86. The van der Waals surface area contributed by atoms with Gasteiger partial charge in [-0.25, -0.2) is 9.37 Å². The second-order valence-electron chi connectivity index (χ2n) is 5.32. The van der Waals surface area contributed by atoms with Gasteiger partial charge in [0.25, 0.3) is 11.5 Å². The largest absolute Gasteiger partial charge is 0.276 e. The van der Waals surface area contributed by atoms with Gasteiger partial charge in [-0.2, -0.15) is 0 Å². The molecule has 0 bridgehead atoms. The molecule has 1 aliphatic heterocycles. The average molecular weight is 309 g/mol. The molecule has 3 aromatic rings. The highest BCUT2D eigenvalue weighted by molar-refractivity contribution is 6.06. The number of amides is 1. The molecule has 6 heteroatoms. The Bertz CT molecular complexity index is 997. The minimum atomic E-state index is -0.584. The van der Waals surface area contributed by atoms with Crippen molar-refractivity contribution < 1.29 is 9.18 Å². The van der Waals surface area contributed by atoms with Crippen molar-refractivity contribution in [2.45, 2.75) is 6.54 Å². The van der Waals surface area contributed by atoms with Gasteiger partial charge in [0.15, 0.2) is 0 Å². The van der Waals surface area contributed by atoms with Crippen molar-refractivity contribution in [1.82, 2.24) is 9.55 Å². The molecule has 0 unspecified atom stereocenters. The molecule has 0 aliphatic carbocycles. The first-order valence-corrected chi connectivity index (χ1v) is 7.23. The second-order valence-corrected chi connectivity index (χ2v) is 5.32. The normalized spacial score (nSPS) is 13.3. The summed E-state index contributed by atoms with van der Waals surface area (Å²) >= 11 is 0. The lowest BCUT2D eigenvalue weighted by atomic mass is 10.2. The third kappa shape index (κ3) is 2.03. The fourth-order valence-corrected chi connectivity index (χ4v) is 2.84. The Morgan fingerprint density at radius 1 is 1.04 bits per heavy atom. The minimum Gasteiger partial charge on any atom is -0.276 e. The minimum absolute atomic E-state index is 0.0247. The molecule has 1 aromatic heterocycles. The highest BCUT2D eigenvalue weighted by Gasteiger charge is 2.30. The Morgan fingerprint density at radius 3 is 2.61 bits per heavy atom. The van der Waals surface area contributed by atoms with E-state index in [1.165, 1.54) is 27.7 Å². The molecule has 2 heterocycles. The van der Waals surface area contributed by atoms with Crippen LogP contribution in [0.5, 0.6) is 0 Å². The number of aromatic nitrogens is 2. The zero-order valence-corrected chi connectivity index (χ0v) is 12.1. The quantitative estimate of drug-likeness (QED) is 0.692. The summed E-state index contributed by atoms with van der Waals surface area (Å²) in [6.45, 7) is 0.651. The van der Waals surface area contributed by atoms with Gasteiger partial charge in [-0.15, -0.1) is 0 Å². The maximum atomic E-state index is 13.9. The number of nitrogens with zero attached hydrogens (tertiary/aromatic N) is 3. The van der Waals surface area contributed by atoms with Gasteiger partial charge in [0.05, 0.1) is 16.5 Å². The molecule has 0 N–H and O–H groups in total. The molecule has 0 saturated heterocycles. The Kier molecular flexibility index (Phi) is 2.97. The van der Waals surface area contributed by atoms with Crippen LogP contribution < -0.4 is 10.5 Å². The lowest BCUT2D eigenvalue weighted by molar-refractivity contribution is 0.0985. The van der Waals surface area contributed by atoms with Crippen LogP contribution in [0.1, 0.15) is 10.4 Å². The van der Waals surface area contributed by atoms with Crippen molar-refractivity contribution >= 4 is 22.8 Å². The second kappa shape index (κ2) is 5.01. The predicted octanol–water partition coefficient (Wildman–Crippen LogP) is 2.20. The average Bonchev–Trinajstić information content (AvgIpc) is 2.99. The third-order valence-electron chi connectivity index (χ3n) is 3.98. The smallest absolute Gasteiger partial charge is 0.263 e. The van der Waals surface area contributed by atoms with Crippen LogP contribution in [-0.2, 0) is 6.54 Å². The molecule has 0 atom stereocenters. The lowest BCUT2D eigenvalue weighted by Gasteiger charge is -2.16. The summed E-state index contributed by atoms with van der Waals surface area (Å²) in [6, 6.07) is 12.8. The molecule has 5 nitrogen and oxygen atoms in total. The molecule has 1 amide bonds. The number of hydrogen-bond donors (Lipinski definition) is 0. The van der Waals surface area contributed by atoms with Gasteiger partial charge in [-0.05, 0) is 24.3 Å². The summed E-state index contributed by atoms with van der Waals surface area (Å²) in [5, 5.41) is 0.511. The molecule has 0 saturated carbocycles. The topological polar surface area (TPSA) is 55.2 Å². The lowest BCUT2D eigenvalue weighted by Crippen LogP contribution is -2.31. The van der Waals surface area contributed by atoms with E-state index in [2.05, 4.69) is 4.98 Å². The fraction of sp³-hybridized carbons (Fsp3) is 0.118. The number of fused-ring (bicyclic) bond motifs is 2. The number of rotatable bonds is 1. The van der Waals surface area contributed by atoms with E-state index in [0.717, 1.165) is 0 Å². The Hall–Kier alpha value is -3.02. The van der Waals surface area contributed by atoms with Crippen molar-refractivity contribution in [3.8, 4) is 0 Å². The molecular weight excluding hydrogens is 297 g/mol. The predicted molar refractivity (Wildman–Crippen MR) is 84.1 cm³/mol. The van der Waals surface area contributed by atoms with E-state index in [9.17, 15) is 14.0 Å². The number of halogens is 1. The van der Waals surface area contributed by atoms with E-state index in [-0.39, 0.29) is 17.1 Å². The van der Waals surface area contributed by atoms with Gasteiger partial charge in [0.1, 0.15) is 5.82 Å². The summed E-state index contributed by atoms with van der Waals surface area (Å²) in [4.78, 5) is 30.9. The molecule has 114 valence electrons. The Morgan fingerprint density at radius 2 is 1.78 bits per heavy atom. The molecule has 0 radical (unpaired) electrons. The highest BCUT2D eigenvalue weighted by atomic mass is 19.1. The molecule has 0 fully saturated rings. The van der Waals surface area contributed by atoms with Crippen molar-refractivity contribution in [3.05, 3.63) is 70.3 Å². The van der Waals surface area contributed by atoms with Gasteiger partial charge in [0, 0.05) is 13.1 Å². The highest BCUT2D eigenvalue weighted by Crippen LogP contribution is 2.22. The van der Waals surface area contributed by atoms with Crippen LogP contribution >= 0.6 is 0 Å². The van der Waals surface area contributed by atoms with Gasteiger partial charge in [-0.1, -0.05) is 24.3 Å². The summed E-state index contributed by atoms with van der Waals surface area (Å²) in [7, 11) is 0. The first kappa shape index (κ1) is 13.6. The fourth-order valence-electron chi connectivity index (χ4n) is 2.84. The van der Waals surface area contributed by atoms with Crippen LogP contribution in [0.2, 0.25) is 0 Å².